The summed E-state index contributed by atoms with van der Waals surface area (Å²) in [6.07, 6.45) is 0. The highest BCUT2D eigenvalue weighted by Crippen LogP contribution is 2.03. The van der Waals surface area contributed by atoms with Gasteiger partial charge in [-0.05, 0) is 19.2 Å². The van der Waals surface area contributed by atoms with E-state index in [-0.39, 0.29) is 6.54 Å². The fourth-order valence-corrected chi connectivity index (χ4v) is 0.939. The van der Waals surface area contributed by atoms with Gasteiger partial charge in [0.1, 0.15) is 5.52 Å². The summed E-state index contributed by atoms with van der Waals surface area (Å²) in [4.78, 5) is 9.54. The van der Waals surface area contributed by atoms with Crippen LogP contribution in [0.25, 0.3) is 11.0 Å². The van der Waals surface area contributed by atoms with Gasteiger partial charge in [0.25, 0.3) is 0 Å². The van der Waals surface area contributed by atoms with E-state index in [2.05, 4.69) is 20.7 Å². The van der Waals surface area contributed by atoms with Gasteiger partial charge in [-0.15, -0.1) is 5.10 Å². The molecule has 0 aliphatic heterocycles. The van der Waals surface area contributed by atoms with Crippen molar-refractivity contribution in [2.24, 2.45) is 0 Å². The van der Waals surface area contributed by atoms with Crippen molar-refractivity contribution < 1.29 is 9.90 Å². The molecule has 0 fully saturated rings. The van der Waals surface area contributed by atoms with E-state index < -0.39 is 5.97 Å². The molecule has 1 aromatic heterocycles. The molecule has 6 nitrogen and oxygen atoms in total. The number of nitrogens with one attached hydrogen (secondary N) is 2. The van der Waals surface area contributed by atoms with Crippen LogP contribution in [0.2, 0.25) is 0 Å². The third-order valence-corrected chi connectivity index (χ3v) is 1.56. The van der Waals surface area contributed by atoms with E-state index in [0.717, 1.165) is 11.0 Å². The van der Waals surface area contributed by atoms with Gasteiger partial charge in [-0.2, -0.15) is 0 Å². The molecule has 0 aliphatic carbocycles. The molecule has 1 aromatic carbocycles. The summed E-state index contributed by atoms with van der Waals surface area (Å²) in [5.41, 5.74) is 1.90. The van der Waals surface area contributed by atoms with E-state index in [0.29, 0.717) is 0 Å². The van der Waals surface area contributed by atoms with Crippen molar-refractivity contribution in [2.75, 3.05) is 13.6 Å². The number of fused-ring (bicyclic) bond motifs is 1. The number of H-pyrrole nitrogens is 1. The third-order valence-electron chi connectivity index (χ3n) is 1.56. The summed E-state index contributed by atoms with van der Waals surface area (Å²) in [5.74, 6) is -0.822. The number of hydrogen-bond donors (Lipinski definition) is 3. The van der Waals surface area contributed by atoms with Crippen molar-refractivity contribution in [1.82, 2.24) is 20.7 Å². The van der Waals surface area contributed by atoms with Crippen molar-refractivity contribution in [3.63, 3.8) is 0 Å². The average molecular weight is 208 g/mol. The molecular weight excluding hydrogens is 196 g/mol. The minimum absolute atomic E-state index is 0.0417. The van der Waals surface area contributed by atoms with Crippen LogP contribution in [0.1, 0.15) is 0 Å². The maximum absolute atomic E-state index is 9.54. The Morgan fingerprint density at radius 1 is 1.53 bits per heavy atom. The molecule has 0 unspecified atom stereocenters. The Morgan fingerprint density at radius 2 is 2.27 bits per heavy atom. The highest BCUT2D eigenvalue weighted by molar-refractivity contribution is 5.72. The van der Waals surface area contributed by atoms with Crippen molar-refractivity contribution >= 4 is 17.0 Å². The second-order valence-corrected chi connectivity index (χ2v) is 2.75. The molecule has 0 saturated heterocycles. The molecular formula is C9H12N4O2. The predicted octanol–water partition coefficient (Wildman–Crippen LogP) is 0.248. The molecule has 0 saturated carbocycles. The molecule has 2 rings (SSSR count). The largest absolute Gasteiger partial charge is 0.480 e. The van der Waals surface area contributed by atoms with Crippen molar-refractivity contribution in [3.8, 4) is 0 Å². The lowest BCUT2D eigenvalue weighted by Crippen LogP contribution is -2.16. The molecule has 0 amide bonds. The first kappa shape index (κ1) is 11.1. The molecule has 3 N–H and O–H groups in total. The molecule has 6 heteroatoms. The number of carboxylic acids is 1. The first-order chi connectivity index (χ1) is 7.24. The Balaban J connectivity index is 0.000000167. The van der Waals surface area contributed by atoms with E-state index in [4.69, 9.17) is 5.11 Å². The SMILES string of the molecule is CNCC(=O)O.c1ccc2[nH]nnc2c1. The van der Waals surface area contributed by atoms with Gasteiger partial charge >= 0.3 is 5.97 Å². The first-order valence-electron chi connectivity index (χ1n) is 4.36. The molecule has 15 heavy (non-hydrogen) atoms. The van der Waals surface area contributed by atoms with Gasteiger partial charge < -0.3 is 10.4 Å². The Hall–Kier alpha value is -1.95. The fourth-order valence-electron chi connectivity index (χ4n) is 0.939. The topological polar surface area (TPSA) is 90.9 Å². The van der Waals surface area contributed by atoms with Crippen LogP contribution in [0.15, 0.2) is 24.3 Å². The maximum Gasteiger partial charge on any atom is 0.317 e. The van der Waals surface area contributed by atoms with Crippen LogP contribution in [0, 0.1) is 0 Å². The highest BCUT2D eigenvalue weighted by atomic mass is 16.4. The molecule has 0 aliphatic rings. The second-order valence-electron chi connectivity index (χ2n) is 2.75. The first-order valence-corrected chi connectivity index (χ1v) is 4.36. The van der Waals surface area contributed by atoms with Crippen LogP contribution < -0.4 is 5.32 Å². The summed E-state index contributed by atoms with van der Waals surface area (Å²) in [6, 6.07) is 7.74. The number of benzene rings is 1. The number of aromatic amines is 1. The Morgan fingerprint density at radius 3 is 2.80 bits per heavy atom. The summed E-state index contributed by atoms with van der Waals surface area (Å²) >= 11 is 0. The highest BCUT2D eigenvalue weighted by Gasteiger charge is 1.90. The quantitative estimate of drug-likeness (QED) is 0.658. The van der Waals surface area contributed by atoms with Gasteiger partial charge in [0.2, 0.25) is 0 Å². The lowest BCUT2D eigenvalue weighted by Gasteiger charge is -1.84. The van der Waals surface area contributed by atoms with Gasteiger partial charge in [-0.1, -0.05) is 17.3 Å². The Labute approximate surface area is 86.3 Å². The lowest BCUT2D eigenvalue weighted by atomic mass is 10.3. The standard InChI is InChI=1S/C6H5N3.C3H7NO2/c1-2-4-6-5(3-1)7-9-8-6;1-4-2-3(5)6/h1-4H,(H,7,8,9);4H,2H2,1H3,(H,5,6). The summed E-state index contributed by atoms with van der Waals surface area (Å²) in [6.45, 7) is 0.0417. The van der Waals surface area contributed by atoms with E-state index in [1.54, 1.807) is 7.05 Å². The minimum Gasteiger partial charge on any atom is -0.480 e. The van der Waals surface area contributed by atoms with Crippen molar-refractivity contribution in [1.29, 1.82) is 0 Å². The lowest BCUT2D eigenvalue weighted by molar-refractivity contribution is -0.135. The number of carbonyl (C=O) groups is 1. The van der Waals surface area contributed by atoms with Gasteiger partial charge in [0.15, 0.2) is 0 Å². The Kier molecular flexibility index (Phi) is 4.24. The zero-order valence-electron chi connectivity index (χ0n) is 8.27. The molecule has 0 spiro atoms. The number of hydrogen-bond acceptors (Lipinski definition) is 4. The Bertz CT molecular complexity index is 396. The van der Waals surface area contributed by atoms with Crippen LogP contribution in [0.4, 0.5) is 0 Å². The van der Waals surface area contributed by atoms with Crippen LogP contribution in [0.3, 0.4) is 0 Å². The van der Waals surface area contributed by atoms with E-state index in [9.17, 15) is 4.79 Å². The van der Waals surface area contributed by atoms with E-state index >= 15 is 0 Å². The van der Waals surface area contributed by atoms with Gasteiger partial charge in [0.05, 0.1) is 12.1 Å². The number of nitrogens with zero attached hydrogens (tertiary/aromatic N) is 2. The van der Waals surface area contributed by atoms with Crippen molar-refractivity contribution in [2.45, 2.75) is 0 Å². The zero-order valence-corrected chi connectivity index (χ0v) is 8.27. The smallest absolute Gasteiger partial charge is 0.317 e. The minimum atomic E-state index is -0.822. The third kappa shape index (κ3) is 3.74. The number of aromatic nitrogens is 3. The van der Waals surface area contributed by atoms with Gasteiger partial charge in [-0.3, -0.25) is 9.89 Å². The number of aliphatic carboxylic acids is 1. The monoisotopic (exact) mass is 208 g/mol. The molecule has 0 atom stereocenters. The second kappa shape index (κ2) is 5.71. The van der Waals surface area contributed by atoms with Crippen LogP contribution >= 0.6 is 0 Å². The molecule has 2 aromatic rings. The number of rotatable bonds is 2. The molecule has 1 heterocycles. The van der Waals surface area contributed by atoms with E-state index in [1.807, 2.05) is 24.3 Å². The summed E-state index contributed by atoms with van der Waals surface area (Å²) < 4.78 is 0. The summed E-state index contributed by atoms with van der Waals surface area (Å²) in [7, 11) is 1.59. The van der Waals surface area contributed by atoms with Crippen LogP contribution in [-0.4, -0.2) is 40.1 Å². The molecule has 0 bridgehead atoms. The predicted molar refractivity (Wildman–Crippen MR) is 55.5 cm³/mol. The fraction of sp³-hybridized carbons (Fsp3) is 0.222. The van der Waals surface area contributed by atoms with Crippen LogP contribution in [-0.2, 0) is 4.79 Å². The molecule has 0 radical (unpaired) electrons. The average Bonchev–Trinajstić information content (AvgIpc) is 2.65. The van der Waals surface area contributed by atoms with Crippen LogP contribution in [0.5, 0.6) is 0 Å². The summed E-state index contributed by atoms with van der Waals surface area (Å²) in [5, 5.41) is 20.5. The maximum atomic E-state index is 9.54. The zero-order chi connectivity index (χ0) is 11.1. The van der Waals surface area contributed by atoms with Crippen molar-refractivity contribution in [3.05, 3.63) is 24.3 Å². The van der Waals surface area contributed by atoms with E-state index in [1.165, 1.54) is 0 Å². The molecule has 80 valence electrons. The number of likely N-dealkylation sites (N-methyl/N-ethyl adjacent to an activating group) is 1. The normalized spacial score (nSPS) is 9.40. The number of carboxylic acid groups (broad SMARTS) is 1. The number of para-hydroxylation sites is 1. The van der Waals surface area contributed by atoms with Gasteiger partial charge in [0, 0.05) is 0 Å². The van der Waals surface area contributed by atoms with Gasteiger partial charge in [-0.25, -0.2) is 0 Å².